The highest BCUT2D eigenvalue weighted by atomic mass is 16.5. The van der Waals surface area contributed by atoms with Crippen LogP contribution in [0.1, 0.15) is 33.6 Å². The number of hydrogen-bond donors (Lipinski definition) is 0. The van der Waals surface area contributed by atoms with Crippen molar-refractivity contribution < 1.29 is 23.8 Å². The second kappa shape index (κ2) is 13.0. The van der Waals surface area contributed by atoms with Crippen LogP contribution in [0.3, 0.4) is 0 Å². The van der Waals surface area contributed by atoms with E-state index in [1.807, 2.05) is 13.8 Å². The van der Waals surface area contributed by atoms with Gasteiger partial charge in [0.05, 0.1) is 26.7 Å². The summed E-state index contributed by atoms with van der Waals surface area (Å²) >= 11 is 0. The zero-order valence-electron chi connectivity index (χ0n) is 11.4. The first kappa shape index (κ1) is 18.3. The lowest BCUT2D eigenvalue weighted by molar-refractivity contribution is -0.144. The quantitative estimate of drug-likeness (QED) is 0.671. The van der Waals surface area contributed by atoms with E-state index < -0.39 is 0 Å². The van der Waals surface area contributed by atoms with Gasteiger partial charge in [-0.3, -0.25) is 9.59 Å². The number of methoxy groups -OCH3 is 2. The molecule has 5 heteroatoms. The second-order valence-corrected chi connectivity index (χ2v) is 3.75. The Balaban J connectivity index is 0. The minimum Gasteiger partial charge on any atom is -0.469 e. The van der Waals surface area contributed by atoms with Crippen molar-refractivity contribution in [2.75, 3.05) is 27.4 Å². The first-order valence-electron chi connectivity index (χ1n) is 5.69. The van der Waals surface area contributed by atoms with Gasteiger partial charge < -0.3 is 14.2 Å². The Labute approximate surface area is 103 Å². The lowest BCUT2D eigenvalue weighted by Crippen LogP contribution is -2.07. The first-order valence-corrected chi connectivity index (χ1v) is 5.69. The standard InChI is InChI=1S/C7H14O2.C5H10O3/c1-4-7(8)9-5-6(2)3;1-7-4-3-5(6)8-2/h6H,4-5H2,1-3H3;3-4H2,1-2H3. The number of carbonyl (C=O) groups excluding carboxylic acids is 2. The Bertz CT molecular complexity index is 201. The molecule has 17 heavy (non-hydrogen) atoms. The summed E-state index contributed by atoms with van der Waals surface area (Å²) in [6.45, 7) is 6.81. The number of esters is 2. The van der Waals surface area contributed by atoms with Gasteiger partial charge in [0, 0.05) is 13.5 Å². The van der Waals surface area contributed by atoms with Crippen molar-refractivity contribution in [3.63, 3.8) is 0 Å². The highest BCUT2D eigenvalue weighted by Crippen LogP contribution is 1.93. The highest BCUT2D eigenvalue weighted by molar-refractivity contribution is 5.69. The van der Waals surface area contributed by atoms with Crippen LogP contribution in [0.4, 0.5) is 0 Å². The molecule has 0 aromatic carbocycles. The Morgan fingerprint density at radius 1 is 1.12 bits per heavy atom. The van der Waals surface area contributed by atoms with E-state index in [1.54, 1.807) is 14.0 Å². The first-order chi connectivity index (χ1) is 7.97. The van der Waals surface area contributed by atoms with Crippen LogP contribution in [0, 0.1) is 5.92 Å². The summed E-state index contributed by atoms with van der Waals surface area (Å²) in [5.74, 6) is 0.107. The molecule has 0 aliphatic rings. The summed E-state index contributed by atoms with van der Waals surface area (Å²) in [5.41, 5.74) is 0. The van der Waals surface area contributed by atoms with Crippen molar-refractivity contribution in [3.05, 3.63) is 0 Å². The van der Waals surface area contributed by atoms with Gasteiger partial charge in [-0.15, -0.1) is 0 Å². The van der Waals surface area contributed by atoms with E-state index in [2.05, 4.69) is 9.47 Å². The summed E-state index contributed by atoms with van der Waals surface area (Å²) in [4.78, 5) is 20.8. The van der Waals surface area contributed by atoms with Crippen LogP contribution in [0.25, 0.3) is 0 Å². The van der Waals surface area contributed by atoms with Crippen molar-refractivity contribution in [2.45, 2.75) is 33.6 Å². The molecule has 102 valence electrons. The van der Waals surface area contributed by atoms with E-state index in [0.717, 1.165) is 0 Å². The lowest BCUT2D eigenvalue weighted by Gasteiger charge is -2.04. The fourth-order valence-electron chi connectivity index (χ4n) is 0.649. The van der Waals surface area contributed by atoms with Crippen LogP contribution in [-0.4, -0.2) is 39.4 Å². The Morgan fingerprint density at radius 3 is 2.06 bits per heavy atom. The molecule has 5 nitrogen and oxygen atoms in total. The largest absolute Gasteiger partial charge is 0.469 e. The zero-order valence-corrected chi connectivity index (χ0v) is 11.4. The molecular formula is C12H24O5. The van der Waals surface area contributed by atoms with Crippen LogP contribution < -0.4 is 0 Å². The minimum atomic E-state index is -0.230. The third kappa shape index (κ3) is 17.5. The highest BCUT2D eigenvalue weighted by Gasteiger charge is 1.98. The Morgan fingerprint density at radius 2 is 1.71 bits per heavy atom. The van der Waals surface area contributed by atoms with E-state index in [9.17, 15) is 9.59 Å². The fraction of sp³-hybridized carbons (Fsp3) is 0.833. The zero-order chi connectivity index (χ0) is 13.7. The number of hydrogen-bond acceptors (Lipinski definition) is 5. The van der Waals surface area contributed by atoms with Crippen molar-refractivity contribution >= 4 is 11.9 Å². The monoisotopic (exact) mass is 248 g/mol. The third-order valence-electron chi connectivity index (χ3n) is 1.60. The van der Waals surface area contributed by atoms with Gasteiger partial charge in [-0.1, -0.05) is 20.8 Å². The molecule has 0 N–H and O–H groups in total. The molecule has 0 aliphatic heterocycles. The molecule has 0 unspecified atom stereocenters. The molecule has 0 radical (unpaired) electrons. The van der Waals surface area contributed by atoms with E-state index in [4.69, 9.17) is 4.74 Å². The van der Waals surface area contributed by atoms with Gasteiger partial charge in [-0.2, -0.15) is 0 Å². The molecule has 0 heterocycles. The molecule has 0 atom stereocenters. The molecule has 0 amide bonds. The average molecular weight is 248 g/mol. The topological polar surface area (TPSA) is 61.8 Å². The predicted octanol–water partition coefficient (Wildman–Crippen LogP) is 1.79. The second-order valence-electron chi connectivity index (χ2n) is 3.75. The fourth-order valence-corrected chi connectivity index (χ4v) is 0.649. The number of ether oxygens (including phenoxy) is 3. The lowest BCUT2D eigenvalue weighted by atomic mass is 10.2. The number of carbonyl (C=O) groups is 2. The van der Waals surface area contributed by atoms with Gasteiger partial charge in [-0.25, -0.2) is 0 Å². The molecule has 0 aromatic rings. The molecule has 0 aliphatic carbocycles. The summed E-state index contributed by atoms with van der Waals surface area (Å²) in [5, 5.41) is 0. The summed E-state index contributed by atoms with van der Waals surface area (Å²) in [6, 6.07) is 0. The molecule has 0 saturated carbocycles. The third-order valence-corrected chi connectivity index (χ3v) is 1.60. The van der Waals surface area contributed by atoms with Crippen molar-refractivity contribution in [3.8, 4) is 0 Å². The molecular weight excluding hydrogens is 224 g/mol. The van der Waals surface area contributed by atoms with Crippen molar-refractivity contribution in [1.29, 1.82) is 0 Å². The molecule has 0 bridgehead atoms. The van der Waals surface area contributed by atoms with Crippen LogP contribution in [0.2, 0.25) is 0 Å². The molecule has 0 saturated heterocycles. The summed E-state index contributed by atoms with van der Waals surface area (Å²) < 4.78 is 13.8. The van der Waals surface area contributed by atoms with E-state index >= 15 is 0 Å². The molecule has 0 fully saturated rings. The van der Waals surface area contributed by atoms with Crippen LogP contribution >= 0.6 is 0 Å². The van der Waals surface area contributed by atoms with Gasteiger partial charge in [-0.05, 0) is 5.92 Å². The molecule has 0 aromatic heterocycles. The SMILES string of the molecule is CCC(=O)OCC(C)C.COCCC(=O)OC. The molecule has 0 rings (SSSR count). The van der Waals surface area contributed by atoms with Gasteiger partial charge in [0.25, 0.3) is 0 Å². The Hall–Kier alpha value is -1.10. The average Bonchev–Trinajstić information content (AvgIpc) is 2.33. The van der Waals surface area contributed by atoms with E-state index in [-0.39, 0.29) is 11.9 Å². The normalized spacial score (nSPS) is 9.29. The van der Waals surface area contributed by atoms with Gasteiger partial charge >= 0.3 is 11.9 Å². The molecule has 0 spiro atoms. The van der Waals surface area contributed by atoms with Gasteiger partial charge in [0.1, 0.15) is 0 Å². The van der Waals surface area contributed by atoms with Crippen LogP contribution in [0.5, 0.6) is 0 Å². The smallest absolute Gasteiger partial charge is 0.307 e. The van der Waals surface area contributed by atoms with Gasteiger partial charge in [0.15, 0.2) is 0 Å². The Kier molecular flexibility index (Phi) is 13.9. The number of rotatable bonds is 6. The van der Waals surface area contributed by atoms with E-state index in [1.165, 1.54) is 7.11 Å². The van der Waals surface area contributed by atoms with Crippen molar-refractivity contribution in [2.24, 2.45) is 5.92 Å². The maximum atomic E-state index is 10.5. The maximum absolute atomic E-state index is 10.5. The summed E-state index contributed by atoms with van der Waals surface area (Å²) in [7, 11) is 2.90. The van der Waals surface area contributed by atoms with Crippen molar-refractivity contribution in [1.82, 2.24) is 0 Å². The minimum absolute atomic E-state index is 0.108. The van der Waals surface area contributed by atoms with E-state index in [0.29, 0.717) is 32.0 Å². The van der Waals surface area contributed by atoms with Crippen LogP contribution in [0.15, 0.2) is 0 Å². The van der Waals surface area contributed by atoms with Crippen LogP contribution in [-0.2, 0) is 23.8 Å². The summed E-state index contributed by atoms with van der Waals surface area (Å²) in [6.07, 6.45) is 0.819. The van der Waals surface area contributed by atoms with Gasteiger partial charge in [0.2, 0.25) is 0 Å². The maximum Gasteiger partial charge on any atom is 0.307 e. The predicted molar refractivity (Wildman–Crippen MR) is 64.6 cm³/mol.